The zero-order valence-electron chi connectivity index (χ0n) is 14.0. The Morgan fingerprint density at radius 1 is 1.28 bits per heavy atom. The largest absolute Gasteiger partial charge is 0.483 e. The molecule has 8 heteroatoms. The minimum Gasteiger partial charge on any atom is -0.483 e. The summed E-state index contributed by atoms with van der Waals surface area (Å²) in [7, 11) is 0. The van der Waals surface area contributed by atoms with E-state index in [2.05, 4.69) is 15.6 Å². The molecule has 0 aliphatic rings. The van der Waals surface area contributed by atoms with Crippen LogP contribution in [0.1, 0.15) is 18.4 Å². The van der Waals surface area contributed by atoms with Gasteiger partial charge in [0.25, 0.3) is 5.91 Å². The number of nitrogens with one attached hydrogen (secondary N) is 2. The number of hydrogen-bond donors (Lipinski definition) is 2. The molecule has 0 unspecified atom stereocenters. The number of benzene rings is 1. The number of rotatable bonds is 7. The zero-order chi connectivity index (χ0) is 17.8. The molecule has 0 aliphatic heterocycles. The van der Waals surface area contributed by atoms with Gasteiger partial charge in [0, 0.05) is 18.0 Å². The third kappa shape index (κ3) is 4.08. The lowest BCUT2D eigenvalue weighted by Crippen LogP contribution is -2.39. The lowest BCUT2D eigenvalue weighted by atomic mass is 10.2. The van der Waals surface area contributed by atoms with Crippen LogP contribution < -0.4 is 15.4 Å². The predicted molar refractivity (Wildman–Crippen MR) is 102 cm³/mol. The van der Waals surface area contributed by atoms with E-state index in [1.165, 1.54) is 0 Å². The molecule has 0 bridgehead atoms. The second-order valence-corrected chi connectivity index (χ2v) is 7.68. The van der Waals surface area contributed by atoms with Gasteiger partial charge in [0.1, 0.15) is 5.75 Å². The number of carbonyl (C=O) groups excluding carboxylic acids is 2. The summed E-state index contributed by atoms with van der Waals surface area (Å²) in [5.41, 5.74) is 0.983. The summed E-state index contributed by atoms with van der Waals surface area (Å²) in [6, 6.07) is 3.90. The lowest BCUT2D eigenvalue weighted by Gasteiger charge is -2.09. The maximum atomic E-state index is 11.9. The summed E-state index contributed by atoms with van der Waals surface area (Å²) in [5, 5.41) is 9.21. The van der Waals surface area contributed by atoms with Gasteiger partial charge < -0.3 is 15.4 Å². The van der Waals surface area contributed by atoms with Crippen molar-refractivity contribution < 1.29 is 14.3 Å². The number of thiophene rings is 1. The van der Waals surface area contributed by atoms with E-state index in [-0.39, 0.29) is 25.0 Å². The second kappa shape index (κ2) is 7.79. The van der Waals surface area contributed by atoms with E-state index in [1.807, 2.05) is 31.4 Å². The molecular formula is C17H19N3O3S2. The number of thiazole rings is 1. The quantitative estimate of drug-likeness (QED) is 0.663. The molecule has 6 nitrogen and oxygen atoms in total. The summed E-state index contributed by atoms with van der Waals surface area (Å²) in [5.74, 6) is 0.144. The molecule has 1 aromatic carbocycles. The van der Waals surface area contributed by atoms with Crippen LogP contribution in [-0.2, 0) is 9.59 Å². The van der Waals surface area contributed by atoms with Crippen LogP contribution in [0.5, 0.6) is 5.75 Å². The van der Waals surface area contributed by atoms with Crippen molar-refractivity contribution in [3.05, 3.63) is 22.5 Å². The fraction of sp³-hybridized carbons (Fsp3) is 0.353. The molecule has 132 valence electrons. The summed E-state index contributed by atoms with van der Waals surface area (Å²) < 4.78 is 7.82. The molecule has 2 aromatic heterocycles. The SMILES string of the molecule is CCCNC(=O)CNC(=O)COc1cc2sc(C)nc2c2sccc12. The summed E-state index contributed by atoms with van der Waals surface area (Å²) >= 11 is 3.21. The third-order valence-electron chi connectivity index (χ3n) is 3.55. The Morgan fingerprint density at radius 3 is 2.92 bits per heavy atom. The fourth-order valence-corrected chi connectivity index (χ4v) is 4.24. The van der Waals surface area contributed by atoms with Crippen LogP contribution in [0.15, 0.2) is 17.5 Å². The third-order valence-corrected chi connectivity index (χ3v) is 5.38. The van der Waals surface area contributed by atoms with Gasteiger partial charge in [0.15, 0.2) is 6.61 Å². The zero-order valence-corrected chi connectivity index (χ0v) is 15.7. The molecule has 3 aromatic rings. The van der Waals surface area contributed by atoms with Crippen LogP contribution in [0.2, 0.25) is 0 Å². The summed E-state index contributed by atoms with van der Waals surface area (Å²) in [4.78, 5) is 28.0. The molecule has 0 aliphatic carbocycles. The number of amides is 2. The molecule has 3 rings (SSSR count). The number of ether oxygens (including phenoxy) is 1. The van der Waals surface area contributed by atoms with E-state index in [1.54, 1.807) is 22.7 Å². The molecule has 0 fully saturated rings. The Labute approximate surface area is 153 Å². The maximum Gasteiger partial charge on any atom is 0.258 e. The molecule has 25 heavy (non-hydrogen) atoms. The maximum absolute atomic E-state index is 11.9. The molecule has 2 amide bonds. The fourth-order valence-electron chi connectivity index (χ4n) is 2.41. The highest BCUT2D eigenvalue weighted by Gasteiger charge is 2.14. The van der Waals surface area contributed by atoms with Crippen LogP contribution >= 0.6 is 22.7 Å². The van der Waals surface area contributed by atoms with Crippen LogP contribution in [0.3, 0.4) is 0 Å². The van der Waals surface area contributed by atoms with E-state index in [4.69, 9.17) is 4.74 Å². The first-order valence-corrected chi connectivity index (χ1v) is 9.71. The molecule has 0 saturated heterocycles. The molecular weight excluding hydrogens is 358 g/mol. The molecule has 0 saturated carbocycles. The summed E-state index contributed by atoms with van der Waals surface area (Å²) in [6.07, 6.45) is 0.860. The van der Waals surface area contributed by atoms with Crippen LogP contribution in [0.25, 0.3) is 20.3 Å². The number of aromatic nitrogens is 1. The van der Waals surface area contributed by atoms with Crippen LogP contribution in [-0.4, -0.2) is 36.5 Å². The highest BCUT2D eigenvalue weighted by molar-refractivity contribution is 7.21. The lowest BCUT2D eigenvalue weighted by molar-refractivity contribution is -0.127. The highest BCUT2D eigenvalue weighted by Crippen LogP contribution is 2.38. The van der Waals surface area contributed by atoms with Crippen molar-refractivity contribution in [2.24, 2.45) is 0 Å². The Morgan fingerprint density at radius 2 is 2.12 bits per heavy atom. The molecule has 2 heterocycles. The van der Waals surface area contributed by atoms with E-state index in [0.29, 0.717) is 12.3 Å². The van der Waals surface area contributed by atoms with Gasteiger partial charge in [-0.25, -0.2) is 4.98 Å². The van der Waals surface area contributed by atoms with Crippen LogP contribution in [0.4, 0.5) is 0 Å². The van der Waals surface area contributed by atoms with Crippen molar-refractivity contribution in [2.75, 3.05) is 19.7 Å². The molecule has 0 spiro atoms. The van der Waals surface area contributed by atoms with Gasteiger partial charge >= 0.3 is 0 Å². The van der Waals surface area contributed by atoms with Gasteiger partial charge in [-0.05, 0) is 24.8 Å². The van der Waals surface area contributed by atoms with Crippen molar-refractivity contribution in [3.63, 3.8) is 0 Å². The van der Waals surface area contributed by atoms with Crippen molar-refractivity contribution in [1.82, 2.24) is 15.6 Å². The number of nitrogens with zero attached hydrogens (tertiary/aromatic N) is 1. The smallest absolute Gasteiger partial charge is 0.258 e. The van der Waals surface area contributed by atoms with Gasteiger partial charge in [-0.1, -0.05) is 6.92 Å². The molecule has 0 atom stereocenters. The Bertz CT molecular complexity index is 917. The van der Waals surface area contributed by atoms with Crippen molar-refractivity contribution in [3.8, 4) is 5.75 Å². The van der Waals surface area contributed by atoms with Gasteiger partial charge in [0.05, 0.1) is 26.5 Å². The van der Waals surface area contributed by atoms with Crippen molar-refractivity contribution in [2.45, 2.75) is 20.3 Å². The van der Waals surface area contributed by atoms with Gasteiger partial charge in [-0.3, -0.25) is 9.59 Å². The number of carbonyl (C=O) groups is 2. The van der Waals surface area contributed by atoms with Gasteiger partial charge in [-0.2, -0.15) is 0 Å². The molecule has 0 radical (unpaired) electrons. The number of hydrogen-bond acceptors (Lipinski definition) is 6. The second-order valence-electron chi connectivity index (χ2n) is 5.53. The Balaban J connectivity index is 1.65. The first kappa shape index (κ1) is 17.6. The van der Waals surface area contributed by atoms with E-state index >= 15 is 0 Å². The van der Waals surface area contributed by atoms with Crippen molar-refractivity contribution >= 4 is 54.8 Å². The van der Waals surface area contributed by atoms with Crippen molar-refractivity contribution in [1.29, 1.82) is 0 Å². The monoisotopic (exact) mass is 377 g/mol. The topological polar surface area (TPSA) is 80.3 Å². The Kier molecular flexibility index (Phi) is 5.50. The van der Waals surface area contributed by atoms with E-state index in [0.717, 1.165) is 31.7 Å². The first-order valence-electron chi connectivity index (χ1n) is 8.02. The average Bonchev–Trinajstić information content (AvgIpc) is 3.21. The standard InChI is InChI=1S/C17H19N3O3S2/c1-3-5-18-14(21)8-19-15(22)9-23-12-7-13-16(20-10(2)25-13)17-11(12)4-6-24-17/h4,6-7H,3,5,8-9H2,1-2H3,(H,18,21)(H,19,22). The minimum absolute atomic E-state index is 0.0386. The first-order chi connectivity index (χ1) is 12.1. The summed E-state index contributed by atoms with van der Waals surface area (Å²) in [6.45, 7) is 4.38. The number of aryl methyl sites for hydroxylation is 1. The van der Waals surface area contributed by atoms with E-state index < -0.39 is 0 Å². The highest BCUT2D eigenvalue weighted by atomic mass is 32.1. The number of fused-ring (bicyclic) bond motifs is 3. The van der Waals surface area contributed by atoms with Gasteiger partial charge in [-0.15, -0.1) is 22.7 Å². The Hall–Kier alpha value is -2.19. The van der Waals surface area contributed by atoms with Crippen LogP contribution in [0, 0.1) is 6.92 Å². The van der Waals surface area contributed by atoms with Gasteiger partial charge in [0.2, 0.25) is 5.91 Å². The molecule has 2 N–H and O–H groups in total. The average molecular weight is 377 g/mol. The minimum atomic E-state index is -0.324. The predicted octanol–water partition coefficient (Wildman–Crippen LogP) is 2.84. The van der Waals surface area contributed by atoms with E-state index in [9.17, 15) is 9.59 Å². The normalized spacial score (nSPS) is 11.0.